The van der Waals surface area contributed by atoms with Crippen LogP contribution in [0.1, 0.15) is 52.9 Å². The fraction of sp³-hybridized carbons (Fsp3) is 0.500. The quantitative estimate of drug-likeness (QED) is 0.795. The summed E-state index contributed by atoms with van der Waals surface area (Å²) in [6, 6.07) is 1.60. The first kappa shape index (κ1) is 14.5. The summed E-state index contributed by atoms with van der Waals surface area (Å²) in [4.78, 5) is 27.5. The molecule has 0 radical (unpaired) electrons. The van der Waals surface area contributed by atoms with E-state index in [1.807, 2.05) is 0 Å². The van der Waals surface area contributed by atoms with E-state index in [1.165, 1.54) is 0 Å². The number of carbonyl (C=O) groups is 2. The summed E-state index contributed by atoms with van der Waals surface area (Å²) in [5.74, 6) is -1.87. The van der Waals surface area contributed by atoms with E-state index >= 15 is 0 Å². The molecule has 1 aliphatic heterocycles. The number of aromatic nitrogens is 1. The van der Waals surface area contributed by atoms with Crippen molar-refractivity contribution in [2.75, 3.05) is 6.54 Å². The smallest absolute Gasteiger partial charge is 0.355 e. The Labute approximate surface area is 117 Å². The Morgan fingerprint density at radius 3 is 2.70 bits per heavy atom. The lowest BCUT2D eigenvalue weighted by Crippen LogP contribution is -2.29. The predicted molar refractivity (Wildman–Crippen MR) is 71.8 cm³/mol. The summed E-state index contributed by atoms with van der Waals surface area (Å²) in [6.45, 7) is 6.52. The first-order valence-corrected chi connectivity index (χ1v) is 6.48. The highest BCUT2D eigenvalue weighted by molar-refractivity contribution is 6.01. The first-order chi connectivity index (χ1) is 9.28. The monoisotopic (exact) mass is 278 g/mol. The van der Waals surface area contributed by atoms with Gasteiger partial charge in [-0.25, -0.2) is 14.6 Å². The molecular formula is C14H18N2O4. The SMILES string of the molecule is CC(C)(C)OC(=O)c1cc2c(nc1C(=O)O)CNCC2. The topological polar surface area (TPSA) is 88.5 Å². The van der Waals surface area contributed by atoms with Crippen molar-refractivity contribution in [2.24, 2.45) is 0 Å². The largest absolute Gasteiger partial charge is 0.476 e. The standard InChI is InChI=1S/C14H18N2O4/c1-14(2,3)20-13(19)9-6-8-4-5-15-7-10(8)16-11(9)12(17)18/h6,15H,4-5,7H2,1-3H3,(H,17,18). The minimum absolute atomic E-state index is 0.0214. The second kappa shape index (κ2) is 5.20. The molecule has 0 amide bonds. The van der Waals surface area contributed by atoms with Gasteiger partial charge in [-0.1, -0.05) is 0 Å². The highest BCUT2D eigenvalue weighted by Gasteiger charge is 2.26. The summed E-state index contributed by atoms with van der Waals surface area (Å²) < 4.78 is 5.25. The Morgan fingerprint density at radius 2 is 2.10 bits per heavy atom. The predicted octanol–water partition coefficient (Wildman–Crippen LogP) is 1.38. The lowest BCUT2D eigenvalue weighted by atomic mass is 10.0. The van der Waals surface area contributed by atoms with Crippen LogP contribution in [0.4, 0.5) is 0 Å². The Bertz CT molecular complexity index is 561. The molecule has 0 saturated heterocycles. The molecule has 6 nitrogen and oxygen atoms in total. The number of carboxylic acids is 1. The summed E-state index contributed by atoms with van der Waals surface area (Å²) in [5.41, 5.74) is 0.676. The van der Waals surface area contributed by atoms with Crippen molar-refractivity contribution in [1.82, 2.24) is 10.3 Å². The maximum Gasteiger partial charge on any atom is 0.355 e. The van der Waals surface area contributed by atoms with Crippen molar-refractivity contribution < 1.29 is 19.4 Å². The van der Waals surface area contributed by atoms with E-state index < -0.39 is 17.5 Å². The van der Waals surface area contributed by atoms with Gasteiger partial charge in [0, 0.05) is 6.54 Å². The average Bonchev–Trinajstić information content (AvgIpc) is 2.35. The fourth-order valence-electron chi connectivity index (χ4n) is 2.04. The van der Waals surface area contributed by atoms with Gasteiger partial charge in [-0.2, -0.15) is 0 Å². The number of esters is 1. The van der Waals surface area contributed by atoms with Gasteiger partial charge >= 0.3 is 11.9 Å². The summed E-state index contributed by atoms with van der Waals surface area (Å²) in [7, 11) is 0. The number of hydrogen-bond acceptors (Lipinski definition) is 5. The summed E-state index contributed by atoms with van der Waals surface area (Å²) in [6.07, 6.45) is 0.720. The van der Waals surface area contributed by atoms with Gasteiger partial charge in [-0.05, 0) is 45.4 Å². The molecule has 0 aliphatic carbocycles. The Hall–Kier alpha value is -1.95. The minimum Gasteiger partial charge on any atom is -0.476 e. The number of rotatable bonds is 2. The van der Waals surface area contributed by atoms with Crippen molar-refractivity contribution in [3.63, 3.8) is 0 Å². The first-order valence-electron chi connectivity index (χ1n) is 6.48. The van der Waals surface area contributed by atoms with Crippen LogP contribution in [0.3, 0.4) is 0 Å². The summed E-state index contributed by atoms with van der Waals surface area (Å²) >= 11 is 0. The van der Waals surface area contributed by atoms with Gasteiger partial charge in [-0.3, -0.25) is 0 Å². The van der Waals surface area contributed by atoms with E-state index in [2.05, 4.69) is 10.3 Å². The van der Waals surface area contributed by atoms with Crippen molar-refractivity contribution in [1.29, 1.82) is 0 Å². The third-order valence-electron chi connectivity index (χ3n) is 2.88. The molecule has 0 spiro atoms. The summed E-state index contributed by atoms with van der Waals surface area (Å²) in [5, 5.41) is 12.3. The highest BCUT2D eigenvalue weighted by Crippen LogP contribution is 2.20. The lowest BCUT2D eigenvalue weighted by Gasteiger charge is -2.22. The zero-order valence-electron chi connectivity index (χ0n) is 11.8. The molecule has 2 heterocycles. The molecule has 0 unspecified atom stereocenters. The molecule has 1 aromatic heterocycles. The van der Waals surface area contributed by atoms with Gasteiger partial charge in [0.2, 0.25) is 0 Å². The van der Waals surface area contributed by atoms with Gasteiger partial charge in [0.25, 0.3) is 0 Å². The van der Waals surface area contributed by atoms with E-state index in [-0.39, 0.29) is 11.3 Å². The molecule has 2 N–H and O–H groups in total. The van der Waals surface area contributed by atoms with Crippen molar-refractivity contribution in [3.05, 3.63) is 28.6 Å². The van der Waals surface area contributed by atoms with Crippen LogP contribution in [0, 0.1) is 0 Å². The molecular weight excluding hydrogens is 260 g/mol. The van der Waals surface area contributed by atoms with Gasteiger partial charge < -0.3 is 15.2 Å². The van der Waals surface area contributed by atoms with Crippen molar-refractivity contribution in [3.8, 4) is 0 Å². The molecule has 0 atom stereocenters. The van der Waals surface area contributed by atoms with Crippen LogP contribution in [-0.2, 0) is 17.7 Å². The number of nitrogens with one attached hydrogen (secondary N) is 1. The molecule has 0 saturated carbocycles. The zero-order chi connectivity index (χ0) is 14.9. The molecule has 0 bridgehead atoms. The number of nitrogens with zero attached hydrogens (tertiary/aromatic N) is 1. The van der Waals surface area contributed by atoms with Gasteiger partial charge in [0.1, 0.15) is 5.60 Å². The molecule has 20 heavy (non-hydrogen) atoms. The van der Waals surface area contributed by atoms with Gasteiger partial charge in [-0.15, -0.1) is 0 Å². The van der Waals surface area contributed by atoms with Crippen LogP contribution in [0.2, 0.25) is 0 Å². The second-order valence-electron chi connectivity index (χ2n) is 5.72. The fourth-order valence-corrected chi connectivity index (χ4v) is 2.04. The molecule has 0 fully saturated rings. The second-order valence-corrected chi connectivity index (χ2v) is 5.72. The Balaban J connectivity index is 2.45. The zero-order valence-corrected chi connectivity index (χ0v) is 11.8. The van der Waals surface area contributed by atoms with Crippen molar-refractivity contribution in [2.45, 2.75) is 39.3 Å². The number of hydrogen-bond donors (Lipinski definition) is 2. The van der Waals surface area contributed by atoms with E-state index in [0.29, 0.717) is 12.2 Å². The van der Waals surface area contributed by atoms with Crippen LogP contribution >= 0.6 is 0 Å². The molecule has 2 rings (SSSR count). The number of carboxylic acid groups (broad SMARTS) is 1. The highest BCUT2D eigenvalue weighted by atomic mass is 16.6. The van der Waals surface area contributed by atoms with Crippen LogP contribution in [0.25, 0.3) is 0 Å². The number of carbonyl (C=O) groups excluding carboxylic acids is 1. The minimum atomic E-state index is -1.22. The Morgan fingerprint density at radius 1 is 1.40 bits per heavy atom. The number of aromatic carboxylic acids is 1. The van der Waals surface area contributed by atoms with Crippen LogP contribution in [0.15, 0.2) is 6.07 Å². The van der Waals surface area contributed by atoms with Gasteiger partial charge in [0.15, 0.2) is 5.69 Å². The maximum atomic E-state index is 12.1. The number of fused-ring (bicyclic) bond motifs is 1. The van der Waals surface area contributed by atoms with E-state index in [0.717, 1.165) is 18.5 Å². The third kappa shape index (κ3) is 3.14. The molecule has 108 valence electrons. The molecule has 1 aromatic rings. The van der Waals surface area contributed by atoms with Gasteiger partial charge in [0.05, 0.1) is 11.3 Å². The number of pyridine rings is 1. The third-order valence-corrected chi connectivity index (χ3v) is 2.88. The van der Waals surface area contributed by atoms with E-state index in [4.69, 9.17) is 4.74 Å². The van der Waals surface area contributed by atoms with E-state index in [9.17, 15) is 14.7 Å². The molecule has 0 aromatic carbocycles. The number of ether oxygens (including phenoxy) is 1. The lowest BCUT2D eigenvalue weighted by molar-refractivity contribution is 0.00649. The molecule has 1 aliphatic rings. The normalized spacial score (nSPS) is 14.6. The van der Waals surface area contributed by atoms with Crippen LogP contribution < -0.4 is 5.32 Å². The maximum absolute atomic E-state index is 12.1. The van der Waals surface area contributed by atoms with Crippen LogP contribution in [-0.4, -0.2) is 34.2 Å². The molecule has 6 heteroatoms. The Kier molecular flexibility index (Phi) is 3.76. The average molecular weight is 278 g/mol. The van der Waals surface area contributed by atoms with Crippen molar-refractivity contribution >= 4 is 11.9 Å². The van der Waals surface area contributed by atoms with Crippen LogP contribution in [0.5, 0.6) is 0 Å². The van der Waals surface area contributed by atoms with E-state index in [1.54, 1.807) is 26.8 Å².